The first-order chi connectivity index (χ1) is 19.6. The number of imidazole rings is 1. The lowest BCUT2D eigenvalue weighted by Gasteiger charge is -2.28. The molecule has 0 saturated carbocycles. The highest BCUT2D eigenvalue weighted by Gasteiger charge is 2.32. The summed E-state index contributed by atoms with van der Waals surface area (Å²) in [5.41, 5.74) is 4.58. The molecule has 2 aromatic carbocycles. The largest absolute Gasteiger partial charge is 0.496 e. The van der Waals surface area contributed by atoms with Gasteiger partial charge in [0.1, 0.15) is 17.4 Å². The summed E-state index contributed by atoms with van der Waals surface area (Å²) >= 11 is 0. The van der Waals surface area contributed by atoms with Crippen LogP contribution < -0.4 is 10.1 Å². The van der Waals surface area contributed by atoms with Gasteiger partial charge in [0.15, 0.2) is 0 Å². The number of nitrogens with one attached hydrogen (secondary N) is 1. The lowest BCUT2D eigenvalue weighted by atomic mass is 10.1. The van der Waals surface area contributed by atoms with Crippen LogP contribution in [0.2, 0.25) is 0 Å². The van der Waals surface area contributed by atoms with Crippen LogP contribution in [0.1, 0.15) is 37.2 Å². The van der Waals surface area contributed by atoms with E-state index >= 15 is 0 Å². The van der Waals surface area contributed by atoms with Crippen LogP contribution in [0.5, 0.6) is 5.75 Å². The minimum Gasteiger partial charge on any atom is -0.496 e. The van der Waals surface area contributed by atoms with Crippen molar-refractivity contribution in [3.8, 4) is 28.4 Å². The monoisotopic (exact) mass is 544 g/mol. The number of halogens is 1. The molecule has 8 nitrogen and oxygen atoms in total. The van der Waals surface area contributed by atoms with E-state index in [-0.39, 0.29) is 11.9 Å². The van der Waals surface area contributed by atoms with Crippen molar-refractivity contribution >= 4 is 5.95 Å². The van der Waals surface area contributed by atoms with Crippen molar-refractivity contribution in [2.45, 2.75) is 38.8 Å². The van der Waals surface area contributed by atoms with Crippen molar-refractivity contribution in [2.24, 2.45) is 0 Å². The van der Waals surface area contributed by atoms with Gasteiger partial charge in [-0.1, -0.05) is 18.2 Å². The van der Waals surface area contributed by atoms with Gasteiger partial charge in [0, 0.05) is 69.7 Å². The zero-order valence-electron chi connectivity index (χ0n) is 23.4. The van der Waals surface area contributed by atoms with Gasteiger partial charge in [-0.25, -0.2) is 19.3 Å². The Morgan fingerprint density at radius 1 is 1.07 bits per heavy atom. The zero-order valence-corrected chi connectivity index (χ0v) is 23.4. The molecule has 40 heavy (non-hydrogen) atoms. The highest BCUT2D eigenvalue weighted by Crippen LogP contribution is 2.40. The SMILES string of the molecule is CCNc1nccc(-c2c(-c3ccc(F)cc3)nc3n2C(CN(CCCOC)Cc2ccccc2OC)CC3)n1. The molecule has 1 N–H and O–H groups in total. The molecule has 0 aliphatic carbocycles. The van der Waals surface area contributed by atoms with E-state index in [0.717, 1.165) is 85.2 Å². The van der Waals surface area contributed by atoms with Gasteiger partial charge in [-0.3, -0.25) is 4.90 Å². The third-order valence-corrected chi connectivity index (χ3v) is 7.28. The quantitative estimate of drug-likeness (QED) is 0.219. The molecule has 0 fully saturated rings. The Hall–Kier alpha value is -3.82. The molecule has 9 heteroatoms. The number of fused-ring (bicyclic) bond motifs is 1. The fourth-order valence-electron chi connectivity index (χ4n) is 5.47. The van der Waals surface area contributed by atoms with Crippen molar-refractivity contribution in [3.05, 3.63) is 78.0 Å². The molecule has 0 bridgehead atoms. The summed E-state index contributed by atoms with van der Waals surface area (Å²) in [6, 6.07) is 16.9. The molecule has 0 amide bonds. The van der Waals surface area contributed by atoms with Gasteiger partial charge in [0.25, 0.3) is 0 Å². The maximum atomic E-state index is 13.8. The normalized spacial score (nSPS) is 14.5. The smallest absolute Gasteiger partial charge is 0.223 e. The molecule has 2 aromatic heterocycles. The van der Waals surface area contributed by atoms with Gasteiger partial charge >= 0.3 is 0 Å². The van der Waals surface area contributed by atoms with Crippen LogP contribution >= 0.6 is 0 Å². The number of rotatable bonds is 13. The number of aromatic nitrogens is 4. The molecule has 1 unspecified atom stereocenters. The molecule has 210 valence electrons. The van der Waals surface area contributed by atoms with Gasteiger partial charge in [-0.2, -0.15) is 0 Å². The third kappa shape index (κ3) is 6.16. The Morgan fingerprint density at radius 3 is 2.67 bits per heavy atom. The average Bonchev–Trinajstić information content (AvgIpc) is 3.54. The van der Waals surface area contributed by atoms with Gasteiger partial charge in [-0.15, -0.1) is 0 Å². The van der Waals surface area contributed by atoms with Crippen molar-refractivity contribution in [1.82, 2.24) is 24.4 Å². The van der Waals surface area contributed by atoms with Gasteiger partial charge in [-0.05, 0) is 56.2 Å². The maximum absolute atomic E-state index is 13.8. The fraction of sp³-hybridized carbons (Fsp3) is 0.387. The second kappa shape index (κ2) is 13.0. The van der Waals surface area contributed by atoms with E-state index in [9.17, 15) is 4.39 Å². The van der Waals surface area contributed by atoms with E-state index in [4.69, 9.17) is 19.4 Å². The van der Waals surface area contributed by atoms with Gasteiger partial charge in [0.05, 0.1) is 24.2 Å². The van der Waals surface area contributed by atoms with Gasteiger partial charge < -0.3 is 19.4 Å². The molecule has 0 spiro atoms. The number of aryl methyl sites for hydroxylation is 1. The maximum Gasteiger partial charge on any atom is 0.223 e. The Morgan fingerprint density at radius 2 is 1.90 bits per heavy atom. The first-order valence-corrected chi connectivity index (χ1v) is 13.9. The topological polar surface area (TPSA) is 77.3 Å². The van der Waals surface area contributed by atoms with E-state index in [0.29, 0.717) is 12.6 Å². The number of benzene rings is 2. The average molecular weight is 545 g/mol. The lowest BCUT2D eigenvalue weighted by Crippen LogP contribution is -2.31. The molecule has 4 aromatic rings. The molecule has 5 rings (SSSR count). The molecule has 3 heterocycles. The summed E-state index contributed by atoms with van der Waals surface area (Å²) in [6.45, 7) is 5.95. The third-order valence-electron chi connectivity index (χ3n) is 7.28. The molecule has 0 saturated heterocycles. The predicted octanol–water partition coefficient (Wildman–Crippen LogP) is 5.61. The van der Waals surface area contributed by atoms with Crippen molar-refractivity contribution in [2.75, 3.05) is 45.8 Å². The van der Waals surface area contributed by atoms with Crippen LogP contribution in [0, 0.1) is 5.82 Å². The van der Waals surface area contributed by atoms with E-state index in [1.54, 1.807) is 32.5 Å². The summed E-state index contributed by atoms with van der Waals surface area (Å²) in [5, 5.41) is 3.22. The lowest BCUT2D eigenvalue weighted by molar-refractivity contribution is 0.160. The van der Waals surface area contributed by atoms with Crippen molar-refractivity contribution in [1.29, 1.82) is 0 Å². The Kier molecular flexibility index (Phi) is 9.03. The summed E-state index contributed by atoms with van der Waals surface area (Å²) in [7, 11) is 3.46. The molecular weight excluding hydrogens is 507 g/mol. The second-order valence-electron chi connectivity index (χ2n) is 9.98. The minimum atomic E-state index is -0.269. The van der Waals surface area contributed by atoms with Crippen LogP contribution in [0.25, 0.3) is 22.6 Å². The zero-order chi connectivity index (χ0) is 27.9. The molecule has 1 atom stereocenters. The number of nitrogens with zero attached hydrogens (tertiary/aromatic N) is 5. The first-order valence-electron chi connectivity index (χ1n) is 13.9. The van der Waals surface area contributed by atoms with Crippen LogP contribution in [-0.2, 0) is 17.7 Å². The summed E-state index contributed by atoms with van der Waals surface area (Å²) in [5.74, 6) is 2.23. The second-order valence-corrected chi connectivity index (χ2v) is 9.98. The molecular formula is C31H37FN6O2. The summed E-state index contributed by atoms with van der Waals surface area (Å²) in [4.78, 5) is 16.8. The van der Waals surface area contributed by atoms with E-state index in [1.807, 2.05) is 25.1 Å². The van der Waals surface area contributed by atoms with Crippen LogP contribution in [-0.4, -0.2) is 64.9 Å². The summed E-state index contributed by atoms with van der Waals surface area (Å²) < 4.78 is 27.2. The highest BCUT2D eigenvalue weighted by atomic mass is 19.1. The van der Waals surface area contributed by atoms with Crippen LogP contribution in [0.4, 0.5) is 10.3 Å². The number of hydrogen-bond acceptors (Lipinski definition) is 7. The van der Waals surface area contributed by atoms with Gasteiger partial charge in [0.2, 0.25) is 5.95 Å². The standard InChI is InChI=1S/C31H37FN6O2/c1-4-33-31-34-17-16-26(35-31)30-29(22-10-12-24(32)13-11-22)36-28-15-14-25(38(28)30)21-37(18-7-19-39-2)20-23-8-5-6-9-27(23)40-3/h5-6,8-13,16-17,25H,4,7,14-15,18-21H2,1-3H3,(H,33,34,35). The Bertz CT molecular complexity index is 1410. The van der Waals surface area contributed by atoms with E-state index < -0.39 is 0 Å². The highest BCUT2D eigenvalue weighted by molar-refractivity contribution is 5.78. The van der Waals surface area contributed by atoms with Crippen LogP contribution in [0.15, 0.2) is 60.8 Å². The fourth-order valence-corrected chi connectivity index (χ4v) is 5.47. The number of hydrogen-bond donors (Lipinski definition) is 1. The number of para-hydroxylation sites is 1. The number of methoxy groups -OCH3 is 2. The Labute approximate surface area is 235 Å². The predicted molar refractivity (Wildman–Crippen MR) is 155 cm³/mol. The molecule has 1 aliphatic rings. The minimum absolute atomic E-state index is 0.196. The van der Waals surface area contributed by atoms with E-state index in [2.05, 4.69) is 31.9 Å². The Balaban J connectivity index is 1.53. The molecule has 0 radical (unpaired) electrons. The van der Waals surface area contributed by atoms with Crippen molar-refractivity contribution < 1.29 is 13.9 Å². The summed E-state index contributed by atoms with van der Waals surface area (Å²) in [6.07, 6.45) is 4.56. The van der Waals surface area contributed by atoms with Crippen LogP contribution in [0.3, 0.4) is 0 Å². The first kappa shape index (κ1) is 27.7. The van der Waals surface area contributed by atoms with Crippen molar-refractivity contribution in [3.63, 3.8) is 0 Å². The van der Waals surface area contributed by atoms with E-state index in [1.165, 1.54) is 12.1 Å². The number of ether oxygens (including phenoxy) is 2. The number of anilines is 1. The molecule has 1 aliphatic heterocycles.